The van der Waals surface area contributed by atoms with Gasteiger partial charge in [0.1, 0.15) is 6.61 Å². The van der Waals surface area contributed by atoms with Crippen molar-refractivity contribution in [1.29, 1.82) is 0 Å². The molecule has 1 heterocycles. The zero-order valence-electron chi connectivity index (χ0n) is 12.6. The van der Waals surface area contributed by atoms with Crippen LogP contribution in [-0.2, 0) is 13.2 Å². The number of benzene rings is 2. The molecule has 4 heteroatoms. The molecule has 0 radical (unpaired) electrons. The molecule has 1 aromatic heterocycles. The van der Waals surface area contributed by atoms with Crippen LogP contribution in [0.3, 0.4) is 0 Å². The second-order valence-electron chi connectivity index (χ2n) is 5.16. The first-order valence-corrected chi connectivity index (χ1v) is 7.75. The molecule has 0 fully saturated rings. The highest BCUT2D eigenvalue weighted by Crippen LogP contribution is 2.27. The first kappa shape index (κ1) is 15.5. The zero-order chi connectivity index (χ0) is 16.1. The highest BCUT2D eigenvalue weighted by atomic mass is 35.5. The molecule has 0 bridgehead atoms. The summed E-state index contributed by atoms with van der Waals surface area (Å²) in [7, 11) is 0. The lowest BCUT2D eigenvalue weighted by molar-refractivity contribution is 0.294. The van der Waals surface area contributed by atoms with Gasteiger partial charge in [0.25, 0.3) is 0 Å². The van der Waals surface area contributed by atoms with Crippen molar-refractivity contribution in [2.24, 2.45) is 5.73 Å². The predicted octanol–water partition coefficient (Wildman–Crippen LogP) is 4.44. The van der Waals surface area contributed by atoms with Crippen molar-refractivity contribution < 1.29 is 4.74 Å². The summed E-state index contributed by atoms with van der Waals surface area (Å²) in [5.74, 6) is 0.592. The summed E-state index contributed by atoms with van der Waals surface area (Å²) >= 11 is 6.09. The van der Waals surface area contributed by atoms with Crippen molar-refractivity contribution in [3.8, 4) is 17.0 Å². The van der Waals surface area contributed by atoms with Gasteiger partial charge in [-0.25, -0.2) is 4.98 Å². The van der Waals surface area contributed by atoms with E-state index in [0.29, 0.717) is 24.1 Å². The van der Waals surface area contributed by atoms with Crippen LogP contribution in [0.4, 0.5) is 0 Å². The summed E-state index contributed by atoms with van der Waals surface area (Å²) in [6.45, 7) is 0.956. The minimum atomic E-state index is 0.457. The molecular weight excluding hydrogens is 308 g/mol. The monoisotopic (exact) mass is 324 g/mol. The first-order valence-electron chi connectivity index (χ1n) is 7.38. The van der Waals surface area contributed by atoms with E-state index >= 15 is 0 Å². The van der Waals surface area contributed by atoms with E-state index in [4.69, 9.17) is 22.1 Å². The molecule has 116 valence electrons. The summed E-state index contributed by atoms with van der Waals surface area (Å²) in [5.41, 5.74) is 9.91. The maximum atomic E-state index is 6.09. The van der Waals surface area contributed by atoms with Crippen LogP contribution >= 0.6 is 11.6 Å². The Morgan fingerprint density at radius 2 is 1.83 bits per heavy atom. The van der Waals surface area contributed by atoms with Crippen molar-refractivity contribution in [2.45, 2.75) is 13.2 Å². The maximum Gasteiger partial charge on any atom is 0.213 e. The van der Waals surface area contributed by atoms with E-state index in [9.17, 15) is 0 Å². The summed E-state index contributed by atoms with van der Waals surface area (Å²) < 4.78 is 5.70. The topological polar surface area (TPSA) is 48.1 Å². The van der Waals surface area contributed by atoms with Crippen LogP contribution in [0.2, 0.25) is 5.02 Å². The van der Waals surface area contributed by atoms with Crippen molar-refractivity contribution in [3.63, 3.8) is 0 Å². The van der Waals surface area contributed by atoms with E-state index in [-0.39, 0.29) is 0 Å². The summed E-state index contributed by atoms with van der Waals surface area (Å²) in [5, 5.41) is 0.682. The smallest absolute Gasteiger partial charge is 0.213 e. The van der Waals surface area contributed by atoms with Gasteiger partial charge in [-0.05, 0) is 34.9 Å². The average molecular weight is 325 g/mol. The van der Waals surface area contributed by atoms with Crippen LogP contribution in [0.1, 0.15) is 11.1 Å². The number of hydrogen-bond donors (Lipinski definition) is 1. The maximum absolute atomic E-state index is 6.09. The quantitative estimate of drug-likeness (QED) is 0.754. The minimum Gasteiger partial charge on any atom is -0.473 e. The lowest BCUT2D eigenvalue weighted by Crippen LogP contribution is -2.00. The molecule has 0 aliphatic rings. The van der Waals surface area contributed by atoms with Crippen LogP contribution in [0, 0.1) is 0 Å². The number of rotatable bonds is 5. The largest absolute Gasteiger partial charge is 0.473 e. The average Bonchev–Trinajstić information content (AvgIpc) is 2.61. The lowest BCUT2D eigenvalue weighted by atomic mass is 10.0. The summed E-state index contributed by atoms with van der Waals surface area (Å²) in [4.78, 5) is 4.37. The molecule has 0 aliphatic carbocycles. The van der Waals surface area contributed by atoms with Gasteiger partial charge in [0.2, 0.25) is 5.88 Å². The molecule has 23 heavy (non-hydrogen) atoms. The van der Waals surface area contributed by atoms with Gasteiger partial charge in [0.05, 0.1) is 0 Å². The molecule has 3 nitrogen and oxygen atoms in total. The number of halogens is 1. The SMILES string of the molecule is NCc1ccc(Cl)cc1-c1ccc(OCc2ccccc2)nc1. The van der Waals surface area contributed by atoms with Crippen LogP contribution in [-0.4, -0.2) is 4.98 Å². The van der Waals surface area contributed by atoms with Gasteiger partial charge in [-0.3, -0.25) is 0 Å². The molecule has 0 unspecified atom stereocenters. The molecule has 0 atom stereocenters. The molecule has 0 spiro atoms. The van der Waals surface area contributed by atoms with Gasteiger partial charge >= 0.3 is 0 Å². The Labute approximate surface area is 140 Å². The lowest BCUT2D eigenvalue weighted by Gasteiger charge is -2.10. The van der Waals surface area contributed by atoms with Gasteiger partial charge in [0, 0.05) is 29.4 Å². The molecule has 3 aromatic rings. The van der Waals surface area contributed by atoms with Gasteiger partial charge in [0.15, 0.2) is 0 Å². The molecule has 3 rings (SSSR count). The first-order chi connectivity index (χ1) is 11.3. The normalized spacial score (nSPS) is 10.5. The number of nitrogens with two attached hydrogens (primary N) is 1. The third-order valence-electron chi connectivity index (χ3n) is 3.57. The Kier molecular flexibility index (Phi) is 4.91. The number of aromatic nitrogens is 1. The number of pyridine rings is 1. The Morgan fingerprint density at radius 1 is 1.00 bits per heavy atom. The van der Waals surface area contributed by atoms with Crippen LogP contribution in [0.15, 0.2) is 66.9 Å². The van der Waals surface area contributed by atoms with Gasteiger partial charge < -0.3 is 10.5 Å². The van der Waals surface area contributed by atoms with Gasteiger partial charge in [-0.15, -0.1) is 0 Å². The molecule has 0 aliphatic heterocycles. The number of nitrogens with zero attached hydrogens (tertiary/aromatic N) is 1. The number of hydrogen-bond acceptors (Lipinski definition) is 3. The van der Waals surface area contributed by atoms with Crippen LogP contribution in [0.25, 0.3) is 11.1 Å². The Bertz CT molecular complexity index is 773. The number of ether oxygens (including phenoxy) is 1. The molecule has 0 saturated carbocycles. The fourth-order valence-electron chi connectivity index (χ4n) is 2.35. The van der Waals surface area contributed by atoms with E-state index in [1.54, 1.807) is 6.20 Å². The Hall–Kier alpha value is -2.36. The third kappa shape index (κ3) is 3.89. The Balaban J connectivity index is 1.76. The van der Waals surface area contributed by atoms with Crippen molar-refractivity contribution in [2.75, 3.05) is 0 Å². The van der Waals surface area contributed by atoms with Crippen molar-refractivity contribution in [3.05, 3.63) is 83.0 Å². The Morgan fingerprint density at radius 3 is 2.52 bits per heavy atom. The molecular formula is C19H17ClN2O. The third-order valence-corrected chi connectivity index (χ3v) is 3.80. The molecule has 2 N–H and O–H groups in total. The fourth-order valence-corrected chi connectivity index (χ4v) is 2.52. The van der Waals surface area contributed by atoms with E-state index in [0.717, 1.165) is 22.3 Å². The van der Waals surface area contributed by atoms with Gasteiger partial charge in [-0.1, -0.05) is 48.0 Å². The predicted molar refractivity (Wildman–Crippen MR) is 93.3 cm³/mol. The van der Waals surface area contributed by atoms with E-state index < -0.39 is 0 Å². The minimum absolute atomic E-state index is 0.457. The standard InChI is InChI=1S/C19H17ClN2O/c20-17-8-6-15(11-21)18(10-17)16-7-9-19(22-12-16)23-13-14-4-2-1-3-5-14/h1-10,12H,11,13,21H2. The van der Waals surface area contributed by atoms with Crippen molar-refractivity contribution >= 4 is 11.6 Å². The second kappa shape index (κ2) is 7.27. The van der Waals surface area contributed by atoms with E-state index in [1.165, 1.54) is 0 Å². The van der Waals surface area contributed by atoms with E-state index in [2.05, 4.69) is 4.98 Å². The summed E-state index contributed by atoms with van der Waals surface area (Å²) in [6, 6.07) is 19.5. The van der Waals surface area contributed by atoms with Gasteiger partial charge in [-0.2, -0.15) is 0 Å². The second-order valence-corrected chi connectivity index (χ2v) is 5.60. The highest BCUT2D eigenvalue weighted by Gasteiger charge is 2.06. The van der Waals surface area contributed by atoms with Crippen molar-refractivity contribution in [1.82, 2.24) is 4.98 Å². The zero-order valence-corrected chi connectivity index (χ0v) is 13.3. The summed E-state index contributed by atoms with van der Waals surface area (Å²) in [6.07, 6.45) is 1.78. The van der Waals surface area contributed by atoms with Crippen LogP contribution in [0.5, 0.6) is 5.88 Å². The van der Waals surface area contributed by atoms with Crippen LogP contribution < -0.4 is 10.5 Å². The molecule has 2 aromatic carbocycles. The van der Waals surface area contributed by atoms with E-state index in [1.807, 2.05) is 60.7 Å². The fraction of sp³-hybridized carbons (Fsp3) is 0.105. The molecule has 0 amide bonds. The highest BCUT2D eigenvalue weighted by molar-refractivity contribution is 6.30. The molecule has 0 saturated heterocycles.